The normalized spacial score (nSPS) is 12.1. The van der Waals surface area contributed by atoms with Crippen LogP contribution in [0.25, 0.3) is 11.3 Å². The molecule has 2 aromatic heterocycles. The van der Waals surface area contributed by atoms with Gasteiger partial charge in [-0.25, -0.2) is 9.78 Å². The summed E-state index contributed by atoms with van der Waals surface area (Å²) < 4.78 is 48.4. The topological polar surface area (TPSA) is 65.2 Å². The Kier molecular flexibility index (Phi) is 5.70. The number of carbonyl (C=O) groups excluding carboxylic acids is 1. The molecule has 0 amide bonds. The first-order valence-corrected chi connectivity index (χ1v) is 9.23. The number of benzene rings is 1. The zero-order chi connectivity index (χ0) is 22.1. The average Bonchev–Trinajstić information content (AvgIpc) is 3.14. The van der Waals surface area contributed by atoms with Gasteiger partial charge in [-0.3, -0.25) is 0 Å². The number of hydrogen-bond acceptors (Lipinski definition) is 5. The van der Waals surface area contributed by atoms with Gasteiger partial charge in [-0.15, -0.1) is 0 Å². The zero-order valence-corrected chi connectivity index (χ0v) is 17.0. The molecule has 0 saturated carbocycles. The van der Waals surface area contributed by atoms with E-state index < -0.39 is 17.8 Å². The fraction of sp³-hybridized carbons (Fsp3) is 0.318. The lowest BCUT2D eigenvalue weighted by atomic mass is 9.86. The number of pyridine rings is 1. The minimum Gasteiger partial charge on any atom is -0.454 e. The van der Waals surface area contributed by atoms with E-state index in [0.29, 0.717) is 11.5 Å². The van der Waals surface area contributed by atoms with Crippen LogP contribution in [0.3, 0.4) is 0 Å². The third-order valence-corrected chi connectivity index (χ3v) is 4.55. The Morgan fingerprint density at radius 2 is 1.73 bits per heavy atom. The predicted molar refractivity (Wildman–Crippen MR) is 104 cm³/mol. The molecule has 2 heterocycles. The fourth-order valence-corrected chi connectivity index (χ4v) is 2.81. The summed E-state index contributed by atoms with van der Waals surface area (Å²) in [6.45, 7) is 7.49. The van der Waals surface area contributed by atoms with E-state index in [-0.39, 0.29) is 23.3 Å². The molecule has 3 aromatic rings. The standard InChI is InChI=1S/C22H21F3N2O3/c1-13-17(9-10-19(26-13)22(23,24)25)20(28)29-12-16-11-18(27-30-16)14-5-7-15(8-6-14)21(2,3)4/h5-11H,12H2,1-4H3. The Morgan fingerprint density at radius 3 is 2.30 bits per heavy atom. The molecule has 0 aliphatic heterocycles. The van der Waals surface area contributed by atoms with Gasteiger partial charge in [-0.2, -0.15) is 13.2 Å². The average molecular weight is 418 g/mol. The van der Waals surface area contributed by atoms with E-state index in [2.05, 4.69) is 30.9 Å². The van der Waals surface area contributed by atoms with Gasteiger partial charge in [-0.05, 0) is 30.0 Å². The van der Waals surface area contributed by atoms with Gasteiger partial charge in [0.05, 0.1) is 11.3 Å². The monoisotopic (exact) mass is 418 g/mol. The first kappa shape index (κ1) is 21.5. The smallest absolute Gasteiger partial charge is 0.433 e. The highest BCUT2D eigenvalue weighted by Crippen LogP contribution is 2.29. The maximum absolute atomic E-state index is 12.7. The van der Waals surface area contributed by atoms with Crippen LogP contribution in [0.5, 0.6) is 0 Å². The number of halogens is 3. The van der Waals surface area contributed by atoms with Gasteiger partial charge in [0, 0.05) is 11.6 Å². The van der Waals surface area contributed by atoms with Crippen molar-refractivity contribution in [1.29, 1.82) is 0 Å². The zero-order valence-electron chi connectivity index (χ0n) is 17.0. The molecule has 0 radical (unpaired) electrons. The molecule has 0 atom stereocenters. The van der Waals surface area contributed by atoms with E-state index in [4.69, 9.17) is 9.26 Å². The molecule has 0 bridgehead atoms. The van der Waals surface area contributed by atoms with Crippen molar-refractivity contribution in [2.75, 3.05) is 0 Å². The van der Waals surface area contributed by atoms with Gasteiger partial charge in [-0.1, -0.05) is 50.2 Å². The quantitative estimate of drug-likeness (QED) is 0.507. The second-order valence-electron chi connectivity index (χ2n) is 7.91. The van der Waals surface area contributed by atoms with Crippen LogP contribution in [0.15, 0.2) is 47.0 Å². The summed E-state index contributed by atoms with van der Waals surface area (Å²) in [5.74, 6) is -0.475. The Morgan fingerprint density at radius 1 is 1.07 bits per heavy atom. The number of rotatable bonds is 4. The van der Waals surface area contributed by atoms with Crippen LogP contribution in [0.2, 0.25) is 0 Å². The third-order valence-electron chi connectivity index (χ3n) is 4.55. The molecule has 5 nitrogen and oxygen atoms in total. The lowest BCUT2D eigenvalue weighted by molar-refractivity contribution is -0.141. The molecule has 158 valence electrons. The van der Waals surface area contributed by atoms with Crippen molar-refractivity contribution >= 4 is 5.97 Å². The number of aryl methyl sites for hydroxylation is 1. The second-order valence-corrected chi connectivity index (χ2v) is 7.91. The molecule has 0 N–H and O–H groups in total. The van der Waals surface area contributed by atoms with Crippen LogP contribution in [-0.4, -0.2) is 16.1 Å². The predicted octanol–water partition coefficient (Wildman–Crippen LogP) is 5.72. The molecule has 0 aliphatic rings. The number of nitrogens with zero attached hydrogens (tertiary/aromatic N) is 2. The summed E-state index contributed by atoms with van der Waals surface area (Å²) in [5.41, 5.74) is 1.50. The van der Waals surface area contributed by atoms with Crippen LogP contribution in [0.1, 0.15) is 53.8 Å². The molecule has 1 aromatic carbocycles. The first-order chi connectivity index (χ1) is 13.9. The lowest BCUT2D eigenvalue weighted by Gasteiger charge is -2.18. The van der Waals surface area contributed by atoms with E-state index in [0.717, 1.165) is 17.7 Å². The Labute approximate surface area is 171 Å². The van der Waals surface area contributed by atoms with E-state index in [1.807, 2.05) is 24.3 Å². The highest BCUT2D eigenvalue weighted by atomic mass is 19.4. The molecule has 0 aliphatic carbocycles. The van der Waals surface area contributed by atoms with Gasteiger partial charge < -0.3 is 9.26 Å². The summed E-state index contributed by atoms with van der Waals surface area (Å²) in [7, 11) is 0. The summed E-state index contributed by atoms with van der Waals surface area (Å²) in [6.07, 6.45) is -4.57. The Balaban J connectivity index is 1.66. The van der Waals surface area contributed by atoms with Crippen molar-refractivity contribution in [3.63, 3.8) is 0 Å². The maximum atomic E-state index is 12.7. The van der Waals surface area contributed by atoms with Crippen LogP contribution in [0.4, 0.5) is 13.2 Å². The SMILES string of the molecule is Cc1nc(C(F)(F)F)ccc1C(=O)OCc1cc(-c2ccc(C(C)(C)C)cc2)no1. The molecule has 30 heavy (non-hydrogen) atoms. The van der Waals surface area contributed by atoms with Crippen molar-refractivity contribution in [2.45, 2.75) is 45.9 Å². The van der Waals surface area contributed by atoms with Gasteiger partial charge in [0.25, 0.3) is 0 Å². The van der Waals surface area contributed by atoms with Crippen LogP contribution < -0.4 is 0 Å². The number of alkyl halides is 3. The van der Waals surface area contributed by atoms with Crippen molar-refractivity contribution < 1.29 is 27.2 Å². The molecule has 0 unspecified atom stereocenters. The van der Waals surface area contributed by atoms with Crippen molar-refractivity contribution in [3.05, 3.63) is 70.7 Å². The number of carbonyl (C=O) groups is 1. The van der Waals surface area contributed by atoms with Gasteiger partial charge in [0.1, 0.15) is 11.4 Å². The molecular formula is C22H21F3N2O3. The first-order valence-electron chi connectivity index (χ1n) is 9.23. The fourth-order valence-electron chi connectivity index (χ4n) is 2.81. The highest BCUT2D eigenvalue weighted by Gasteiger charge is 2.33. The summed E-state index contributed by atoms with van der Waals surface area (Å²) in [5, 5.41) is 3.98. The third kappa shape index (κ3) is 4.87. The molecule has 0 spiro atoms. The summed E-state index contributed by atoms with van der Waals surface area (Å²) in [4.78, 5) is 15.6. The Bertz CT molecular complexity index is 1050. The van der Waals surface area contributed by atoms with Crippen molar-refractivity contribution in [2.24, 2.45) is 0 Å². The minimum absolute atomic E-state index is 0.0347. The second kappa shape index (κ2) is 7.93. The summed E-state index contributed by atoms with van der Waals surface area (Å²) >= 11 is 0. The largest absolute Gasteiger partial charge is 0.454 e. The van der Waals surface area contributed by atoms with Gasteiger partial charge in [0.15, 0.2) is 12.4 Å². The van der Waals surface area contributed by atoms with Crippen LogP contribution in [-0.2, 0) is 22.9 Å². The van der Waals surface area contributed by atoms with Crippen LogP contribution >= 0.6 is 0 Å². The lowest BCUT2D eigenvalue weighted by Crippen LogP contribution is -2.13. The van der Waals surface area contributed by atoms with Crippen LogP contribution in [0, 0.1) is 6.92 Å². The molecule has 0 fully saturated rings. The molecule has 3 rings (SSSR count). The maximum Gasteiger partial charge on any atom is 0.433 e. The minimum atomic E-state index is -4.57. The number of aromatic nitrogens is 2. The van der Waals surface area contributed by atoms with E-state index in [9.17, 15) is 18.0 Å². The van der Waals surface area contributed by atoms with E-state index >= 15 is 0 Å². The van der Waals surface area contributed by atoms with Crippen molar-refractivity contribution in [1.82, 2.24) is 10.1 Å². The van der Waals surface area contributed by atoms with E-state index in [1.165, 1.54) is 12.5 Å². The van der Waals surface area contributed by atoms with Crippen molar-refractivity contribution in [3.8, 4) is 11.3 Å². The summed E-state index contributed by atoms with van der Waals surface area (Å²) in [6, 6.07) is 11.4. The van der Waals surface area contributed by atoms with E-state index in [1.54, 1.807) is 6.07 Å². The number of ether oxygens (including phenoxy) is 1. The number of hydrogen-bond donors (Lipinski definition) is 0. The molecule has 8 heteroatoms. The van der Waals surface area contributed by atoms with Gasteiger partial charge in [0.2, 0.25) is 0 Å². The number of esters is 1. The molecular weight excluding hydrogens is 397 g/mol. The molecule has 0 saturated heterocycles. The Hall–Kier alpha value is -3.16. The van der Waals surface area contributed by atoms with Gasteiger partial charge >= 0.3 is 12.1 Å². The highest BCUT2D eigenvalue weighted by molar-refractivity contribution is 5.90.